The third-order valence-electron chi connectivity index (χ3n) is 4.21. The number of aliphatic carboxylic acids is 1. The number of alkyl carbamates (subject to hydrolysis) is 1. The lowest BCUT2D eigenvalue weighted by Gasteiger charge is -2.61. The SMILES string of the molecule is C=CCOC(=O)NC1(C(=O)O)CCC12CCC2. The molecule has 17 heavy (non-hydrogen) atoms. The van der Waals surface area contributed by atoms with Gasteiger partial charge in [-0.2, -0.15) is 0 Å². The molecule has 1 atom stereocenters. The van der Waals surface area contributed by atoms with Crippen LogP contribution in [-0.2, 0) is 9.53 Å². The van der Waals surface area contributed by atoms with Gasteiger partial charge in [-0.15, -0.1) is 0 Å². The number of rotatable bonds is 4. The summed E-state index contributed by atoms with van der Waals surface area (Å²) in [5, 5.41) is 11.9. The van der Waals surface area contributed by atoms with Gasteiger partial charge in [0.05, 0.1) is 0 Å². The van der Waals surface area contributed by atoms with Crippen molar-refractivity contribution < 1.29 is 19.4 Å². The Bertz CT molecular complexity index is 356. The van der Waals surface area contributed by atoms with Crippen LogP contribution in [0.25, 0.3) is 0 Å². The van der Waals surface area contributed by atoms with E-state index in [2.05, 4.69) is 11.9 Å². The van der Waals surface area contributed by atoms with E-state index in [1.54, 1.807) is 0 Å². The Labute approximate surface area is 99.8 Å². The number of hydrogen-bond acceptors (Lipinski definition) is 3. The first-order chi connectivity index (χ1) is 8.06. The maximum atomic E-state index is 11.5. The number of carbonyl (C=O) groups excluding carboxylic acids is 1. The van der Waals surface area contributed by atoms with Crippen LogP contribution in [0.2, 0.25) is 0 Å². The molecule has 94 valence electrons. The van der Waals surface area contributed by atoms with Crippen molar-refractivity contribution in [3.05, 3.63) is 12.7 Å². The van der Waals surface area contributed by atoms with E-state index >= 15 is 0 Å². The molecule has 5 nitrogen and oxygen atoms in total. The Balaban J connectivity index is 2.06. The highest BCUT2D eigenvalue weighted by Crippen LogP contribution is 2.62. The normalized spacial score (nSPS) is 28.7. The van der Waals surface area contributed by atoms with Gasteiger partial charge in [-0.05, 0) is 25.7 Å². The zero-order valence-electron chi connectivity index (χ0n) is 9.70. The molecule has 0 aliphatic heterocycles. The van der Waals surface area contributed by atoms with Gasteiger partial charge in [-0.3, -0.25) is 0 Å². The summed E-state index contributed by atoms with van der Waals surface area (Å²) in [6.45, 7) is 3.52. The maximum absolute atomic E-state index is 11.5. The zero-order chi connectivity index (χ0) is 12.5. The molecule has 2 aliphatic carbocycles. The largest absolute Gasteiger partial charge is 0.479 e. The van der Waals surface area contributed by atoms with Gasteiger partial charge in [0, 0.05) is 5.41 Å². The number of carboxylic acid groups (broad SMARTS) is 1. The summed E-state index contributed by atoms with van der Waals surface area (Å²) in [7, 11) is 0. The first-order valence-corrected chi connectivity index (χ1v) is 5.86. The fourth-order valence-electron chi connectivity index (χ4n) is 2.94. The van der Waals surface area contributed by atoms with Crippen LogP contribution in [-0.4, -0.2) is 29.3 Å². The second-order valence-corrected chi connectivity index (χ2v) is 4.86. The van der Waals surface area contributed by atoms with Crippen LogP contribution in [0.3, 0.4) is 0 Å². The quantitative estimate of drug-likeness (QED) is 0.732. The number of nitrogens with one attached hydrogen (secondary N) is 1. The van der Waals surface area contributed by atoms with E-state index in [-0.39, 0.29) is 12.0 Å². The molecule has 2 N–H and O–H groups in total. The Morgan fingerprint density at radius 2 is 2.06 bits per heavy atom. The lowest BCUT2D eigenvalue weighted by Crippen LogP contribution is -2.73. The van der Waals surface area contributed by atoms with Crippen molar-refractivity contribution >= 4 is 12.1 Å². The van der Waals surface area contributed by atoms with Gasteiger partial charge in [0.15, 0.2) is 0 Å². The predicted molar refractivity (Wildman–Crippen MR) is 60.6 cm³/mol. The van der Waals surface area contributed by atoms with Crippen LogP contribution in [0.4, 0.5) is 4.79 Å². The summed E-state index contributed by atoms with van der Waals surface area (Å²) < 4.78 is 4.80. The van der Waals surface area contributed by atoms with E-state index in [0.717, 1.165) is 25.7 Å². The first kappa shape index (κ1) is 12.0. The van der Waals surface area contributed by atoms with Gasteiger partial charge in [-0.25, -0.2) is 9.59 Å². The van der Waals surface area contributed by atoms with E-state index in [9.17, 15) is 14.7 Å². The molecule has 0 bridgehead atoms. The highest BCUT2D eigenvalue weighted by molar-refractivity contribution is 5.87. The van der Waals surface area contributed by atoms with Crippen molar-refractivity contribution in [3.63, 3.8) is 0 Å². The fourth-order valence-corrected chi connectivity index (χ4v) is 2.94. The summed E-state index contributed by atoms with van der Waals surface area (Å²) in [6, 6.07) is 0. The molecule has 0 aromatic heterocycles. The molecule has 0 heterocycles. The van der Waals surface area contributed by atoms with Crippen molar-refractivity contribution in [3.8, 4) is 0 Å². The summed E-state index contributed by atoms with van der Waals surface area (Å²) >= 11 is 0. The van der Waals surface area contributed by atoms with Gasteiger partial charge in [0.1, 0.15) is 12.1 Å². The average molecular weight is 239 g/mol. The summed E-state index contributed by atoms with van der Waals surface area (Å²) in [5.74, 6) is -0.945. The number of hydrogen-bond donors (Lipinski definition) is 2. The van der Waals surface area contributed by atoms with Gasteiger partial charge in [0.25, 0.3) is 0 Å². The average Bonchev–Trinajstić information content (AvgIpc) is 2.18. The minimum atomic E-state index is -1.11. The molecule has 0 saturated heterocycles. The summed E-state index contributed by atoms with van der Waals surface area (Å²) in [5.41, 5.74) is -1.34. The van der Waals surface area contributed by atoms with Crippen molar-refractivity contribution in [1.82, 2.24) is 5.32 Å². The minimum Gasteiger partial charge on any atom is -0.479 e. The highest BCUT2D eigenvalue weighted by atomic mass is 16.5. The first-order valence-electron chi connectivity index (χ1n) is 5.86. The molecule has 2 fully saturated rings. The number of carboxylic acids is 1. The third kappa shape index (κ3) is 1.61. The number of ether oxygens (including phenoxy) is 1. The number of amides is 1. The molecule has 2 aliphatic rings. The second-order valence-electron chi connectivity index (χ2n) is 4.86. The molecule has 1 spiro atoms. The van der Waals surface area contributed by atoms with Crippen LogP contribution in [0.15, 0.2) is 12.7 Å². The van der Waals surface area contributed by atoms with Gasteiger partial charge in [-0.1, -0.05) is 19.1 Å². The zero-order valence-corrected chi connectivity index (χ0v) is 9.70. The van der Waals surface area contributed by atoms with Crippen LogP contribution in [0.5, 0.6) is 0 Å². The van der Waals surface area contributed by atoms with Crippen LogP contribution in [0, 0.1) is 5.41 Å². The molecule has 0 aromatic rings. The van der Waals surface area contributed by atoms with Crippen LogP contribution < -0.4 is 5.32 Å². The molecular weight excluding hydrogens is 222 g/mol. The van der Waals surface area contributed by atoms with Crippen molar-refractivity contribution in [1.29, 1.82) is 0 Å². The Hall–Kier alpha value is -1.52. The standard InChI is InChI=1S/C12H17NO4/c1-2-8-17-10(16)13-12(9(14)15)7-6-11(12)4-3-5-11/h2H,1,3-8H2,(H,13,16)(H,14,15). The van der Waals surface area contributed by atoms with Crippen molar-refractivity contribution in [2.45, 2.75) is 37.6 Å². The summed E-state index contributed by atoms with van der Waals surface area (Å²) in [4.78, 5) is 22.9. The van der Waals surface area contributed by atoms with E-state index in [1.165, 1.54) is 6.08 Å². The smallest absolute Gasteiger partial charge is 0.408 e. The topological polar surface area (TPSA) is 75.6 Å². The Morgan fingerprint density at radius 1 is 1.35 bits per heavy atom. The highest BCUT2D eigenvalue weighted by Gasteiger charge is 2.67. The van der Waals surface area contributed by atoms with Gasteiger partial charge in [0.2, 0.25) is 0 Å². The van der Waals surface area contributed by atoms with E-state index in [0.29, 0.717) is 6.42 Å². The lowest BCUT2D eigenvalue weighted by molar-refractivity contribution is -0.172. The van der Waals surface area contributed by atoms with E-state index in [1.807, 2.05) is 0 Å². The molecule has 1 unspecified atom stereocenters. The maximum Gasteiger partial charge on any atom is 0.408 e. The van der Waals surface area contributed by atoms with Crippen molar-refractivity contribution in [2.75, 3.05) is 6.61 Å². The molecule has 1 amide bonds. The predicted octanol–water partition coefficient (Wildman–Crippen LogP) is 1.69. The minimum absolute atomic E-state index is 0.0918. The monoisotopic (exact) mass is 239 g/mol. The molecule has 5 heteroatoms. The van der Waals surface area contributed by atoms with Gasteiger partial charge >= 0.3 is 12.1 Å². The molecule has 2 saturated carbocycles. The fraction of sp³-hybridized carbons (Fsp3) is 0.667. The lowest BCUT2D eigenvalue weighted by atomic mass is 9.45. The summed E-state index contributed by atoms with van der Waals surface area (Å²) in [6.07, 6.45) is 4.94. The molecule has 2 rings (SSSR count). The molecular formula is C12H17NO4. The Morgan fingerprint density at radius 3 is 2.41 bits per heavy atom. The molecule has 0 radical (unpaired) electrons. The third-order valence-corrected chi connectivity index (χ3v) is 4.21. The second kappa shape index (κ2) is 4.05. The van der Waals surface area contributed by atoms with Crippen molar-refractivity contribution in [2.24, 2.45) is 5.41 Å². The van der Waals surface area contributed by atoms with E-state index in [4.69, 9.17) is 4.74 Å². The Kier molecular flexibility index (Phi) is 2.85. The van der Waals surface area contributed by atoms with Crippen LogP contribution >= 0.6 is 0 Å². The van der Waals surface area contributed by atoms with Crippen LogP contribution in [0.1, 0.15) is 32.1 Å². The molecule has 0 aromatic carbocycles. The van der Waals surface area contributed by atoms with E-state index < -0.39 is 17.6 Å². The van der Waals surface area contributed by atoms with Gasteiger partial charge < -0.3 is 15.2 Å². The number of carbonyl (C=O) groups is 2.